The van der Waals surface area contributed by atoms with Crippen LogP contribution in [0.1, 0.15) is 35.5 Å². The molecule has 1 aromatic heterocycles. The molecule has 1 aromatic carbocycles. The van der Waals surface area contributed by atoms with Crippen molar-refractivity contribution in [1.29, 1.82) is 0 Å². The Balaban J connectivity index is 2.37. The highest BCUT2D eigenvalue weighted by Gasteiger charge is 2.20. The van der Waals surface area contributed by atoms with Crippen molar-refractivity contribution in [1.82, 2.24) is 15.1 Å². The molecule has 0 saturated carbocycles. The Morgan fingerprint density at radius 2 is 2.00 bits per heavy atom. The summed E-state index contributed by atoms with van der Waals surface area (Å²) in [7, 11) is 1.97. The van der Waals surface area contributed by atoms with Gasteiger partial charge in [0.25, 0.3) is 0 Å². The minimum Gasteiger partial charge on any atom is -0.310 e. The van der Waals surface area contributed by atoms with Gasteiger partial charge in [-0.15, -0.1) is 0 Å². The van der Waals surface area contributed by atoms with E-state index in [-0.39, 0.29) is 6.04 Å². The molecule has 0 bridgehead atoms. The van der Waals surface area contributed by atoms with E-state index in [1.54, 1.807) is 0 Å². The molecule has 0 saturated heterocycles. The van der Waals surface area contributed by atoms with Crippen LogP contribution in [0.15, 0.2) is 18.2 Å². The second-order valence-corrected chi connectivity index (χ2v) is 6.10. The maximum atomic E-state index is 6.31. The van der Waals surface area contributed by atoms with E-state index in [0.717, 1.165) is 29.2 Å². The molecule has 1 heterocycles. The molecular formula is C16H21Cl2N3. The summed E-state index contributed by atoms with van der Waals surface area (Å²) in [4.78, 5) is 0. The average Bonchev–Trinajstić information content (AvgIpc) is 2.67. The molecule has 0 aliphatic rings. The van der Waals surface area contributed by atoms with Gasteiger partial charge in [0, 0.05) is 34.4 Å². The predicted octanol–water partition coefficient (Wildman–Crippen LogP) is 4.24. The van der Waals surface area contributed by atoms with Crippen LogP contribution in [0.5, 0.6) is 0 Å². The number of nitrogens with one attached hydrogen (secondary N) is 1. The Morgan fingerprint density at radius 1 is 1.29 bits per heavy atom. The van der Waals surface area contributed by atoms with Crippen LogP contribution in [-0.2, 0) is 13.5 Å². The van der Waals surface area contributed by atoms with E-state index in [0.29, 0.717) is 5.02 Å². The van der Waals surface area contributed by atoms with Crippen LogP contribution in [0.4, 0.5) is 0 Å². The van der Waals surface area contributed by atoms with Crippen LogP contribution >= 0.6 is 23.2 Å². The van der Waals surface area contributed by atoms with Gasteiger partial charge in [-0.2, -0.15) is 5.10 Å². The summed E-state index contributed by atoms with van der Waals surface area (Å²) < 4.78 is 1.93. The maximum Gasteiger partial charge on any atom is 0.0644 e. The zero-order chi connectivity index (χ0) is 15.6. The van der Waals surface area contributed by atoms with Gasteiger partial charge < -0.3 is 5.32 Å². The van der Waals surface area contributed by atoms with Gasteiger partial charge >= 0.3 is 0 Å². The van der Waals surface area contributed by atoms with E-state index in [9.17, 15) is 0 Å². The molecule has 0 radical (unpaired) electrons. The van der Waals surface area contributed by atoms with Crippen molar-refractivity contribution in [2.45, 2.75) is 33.2 Å². The highest BCUT2D eigenvalue weighted by Crippen LogP contribution is 2.29. The van der Waals surface area contributed by atoms with Crippen LogP contribution in [0.2, 0.25) is 10.0 Å². The summed E-state index contributed by atoms with van der Waals surface area (Å²) in [6, 6.07) is 5.79. The standard InChI is InChI=1S/C16H21Cl2N3/c1-5-19-15(16-10(2)20-21(4)11(16)3)9-12-8-13(17)6-7-14(12)18/h6-8,15,19H,5,9H2,1-4H3. The smallest absolute Gasteiger partial charge is 0.0644 e. The lowest BCUT2D eigenvalue weighted by Crippen LogP contribution is -2.24. The Labute approximate surface area is 136 Å². The van der Waals surface area contributed by atoms with E-state index in [2.05, 4.69) is 24.3 Å². The van der Waals surface area contributed by atoms with Gasteiger partial charge in [-0.3, -0.25) is 4.68 Å². The van der Waals surface area contributed by atoms with Crippen LogP contribution in [0, 0.1) is 13.8 Å². The third kappa shape index (κ3) is 3.60. The van der Waals surface area contributed by atoms with E-state index in [1.165, 1.54) is 11.3 Å². The first-order valence-electron chi connectivity index (χ1n) is 7.11. The minimum absolute atomic E-state index is 0.180. The molecule has 0 spiro atoms. The summed E-state index contributed by atoms with van der Waals surface area (Å²) in [5, 5.41) is 9.51. The van der Waals surface area contributed by atoms with Gasteiger partial charge in [-0.1, -0.05) is 30.1 Å². The summed E-state index contributed by atoms with van der Waals surface area (Å²) in [6.45, 7) is 7.13. The normalized spacial score (nSPS) is 12.7. The first-order valence-corrected chi connectivity index (χ1v) is 7.87. The molecule has 0 aliphatic heterocycles. The summed E-state index contributed by atoms with van der Waals surface area (Å²) in [5.41, 5.74) is 4.53. The second kappa shape index (κ2) is 6.82. The van der Waals surface area contributed by atoms with E-state index in [4.69, 9.17) is 23.2 Å². The van der Waals surface area contributed by atoms with Gasteiger partial charge in [-0.25, -0.2) is 0 Å². The van der Waals surface area contributed by atoms with Crippen LogP contribution in [-0.4, -0.2) is 16.3 Å². The fourth-order valence-electron chi connectivity index (χ4n) is 2.74. The lowest BCUT2D eigenvalue weighted by atomic mass is 9.97. The zero-order valence-electron chi connectivity index (χ0n) is 12.9. The number of aromatic nitrogens is 2. The van der Waals surface area contributed by atoms with Crippen molar-refractivity contribution in [3.8, 4) is 0 Å². The molecule has 5 heteroatoms. The average molecular weight is 326 g/mol. The molecule has 2 rings (SSSR count). The molecule has 1 N–H and O–H groups in total. The van der Waals surface area contributed by atoms with E-state index in [1.807, 2.05) is 36.9 Å². The molecule has 21 heavy (non-hydrogen) atoms. The molecule has 114 valence electrons. The van der Waals surface area contributed by atoms with Crippen LogP contribution in [0.25, 0.3) is 0 Å². The molecule has 0 aliphatic carbocycles. The maximum absolute atomic E-state index is 6.31. The molecule has 1 unspecified atom stereocenters. The lowest BCUT2D eigenvalue weighted by molar-refractivity contribution is 0.544. The Kier molecular flexibility index (Phi) is 5.31. The number of rotatable bonds is 5. The van der Waals surface area contributed by atoms with Crippen molar-refractivity contribution in [3.63, 3.8) is 0 Å². The molecule has 1 atom stereocenters. The SMILES string of the molecule is CCNC(Cc1cc(Cl)ccc1Cl)c1c(C)nn(C)c1C. The third-order valence-electron chi connectivity index (χ3n) is 3.80. The predicted molar refractivity (Wildman–Crippen MR) is 89.3 cm³/mol. The fraction of sp³-hybridized carbons (Fsp3) is 0.438. The molecule has 3 nitrogen and oxygen atoms in total. The van der Waals surface area contributed by atoms with Gasteiger partial charge in [0.05, 0.1) is 5.69 Å². The molecule has 2 aromatic rings. The van der Waals surface area contributed by atoms with Crippen LogP contribution < -0.4 is 5.32 Å². The highest BCUT2D eigenvalue weighted by molar-refractivity contribution is 6.33. The highest BCUT2D eigenvalue weighted by atomic mass is 35.5. The van der Waals surface area contributed by atoms with Crippen molar-refractivity contribution < 1.29 is 0 Å². The van der Waals surface area contributed by atoms with E-state index >= 15 is 0 Å². The van der Waals surface area contributed by atoms with Crippen molar-refractivity contribution in [3.05, 3.63) is 50.8 Å². The third-order valence-corrected chi connectivity index (χ3v) is 4.40. The topological polar surface area (TPSA) is 29.9 Å². The summed E-state index contributed by atoms with van der Waals surface area (Å²) >= 11 is 12.4. The first-order chi connectivity index (χ1) is 9.93. The number of benzene rings is 1. The number of hydrogen-bond acceptors (Lipinski definition) is 2. The Morgan fingerprint density at radius 3 is 2.57 bits per heavy atom. The number of nitrogens with zero attached hydrogens (tertiary/aromatic N) is 2. The molecule has 0 fully saturated rings. The minimum atomic E-state index is 0.180. The van der Waals surface area contributed by atoms with Crippen molar-refractivity contribution in [2.24, 2.45) is 7.05 Å². The number of halogens is 2. The van der Waals surface area contributed by atoms with Gasteiger partial charge in [0.2, 0.25) is 0 Å². The number of likely N-dealkylation sites (N-methyl/N-ethyl adjacent to an activating group) is 1. The number of aryl methyl sites for hydroxylation is 2. The fourth-order valence-corrected chi connectivity index (χ4v) is 3.13. The largest absolute Gasteiger partial charge is 0.310 e. The van der Waals surface area contributed by atoms with Gasteiger partial charge in [-0.05, 0) is 50.6 Å². The summed E-state index contributed by atoms with van der Waals surface area (Å²) in [5.74, 6) is 0. The lowest BCUT2D eigenvalue weighted by Gasteiger charge is -2.20. The number of hydrogen-bond donors (Lipinski definition) is 1. The Bertz CT molecular complexity index is 635. The van der Waals surface area contributed by atoms with Crippen LogP contribution in [0.3, 0.4) is 0 Å². The monoisotopic (exact) mass is 325 g/mol. The zero-order valence-corrected chi connectivity index (χ0v) is 14.4. The van der Waals surface area contributed by atoms with Crippen molar-refractivity contribution >= 4 is 23.2 Å². The second-order valence-electron chi connectivity index (χ2n) is 5.26. The van der Waals surface area contributed by atoms with Gasteiger partial charge in [0.15, 0.2) is 0 Å². The first kappa shape index (κ1) is 16.3. The Hall–Kier alpha value is -1.03. The molecule has 0 amide bonds. The van der Waals surface area contributed by atoms with Gasteiger partial charge in [0.1, 0.15) is 0 Å². The van der Waals surface area contributed by atoms with Crippen molar-refractivity contribution in [2.75, 3.05) is 6.54 Å². The van der Waals surface area contributed by atoms with E-state index < -0.39 is 0 Å². The molecular weight excluding hydrogens is 305 g/mol. The summed E-state index contributed by atoms with van der Waals surface area (Å²) in [6.07, 6.45) is 0.792. The quantitative estimate of drug-likeness (QED) is 0.891.